The summed E-state index contributed by atoms with van der Waals surface area (Å²) in [5.41, 5.74) is 0.720. The fourth-order valence-corrected chi connectivity index (χ4v) is 2.51. The number of carbonyl (C=O) groups is 2. The van der Waals surface area contributed by atoms with Crippen molar-refractivity contribution >= 4 is 27.9 Å². The van der Waals surface area contributed by atoms with Crippen LogP contribution in [0.1, 0.15) is 41.0 Å². The monoisotopic (exact) mass is 406 g/mol. The van der Waals surface area contributed by atoms with Gasteiger partial charge in [-0.15, -0.1) is 0 Å². The van der Waals surface area contributed by atoms with E-state index in [1.54, 1.807) is 49.4 Å². The zero-order chi connectivity index (χ0) is 18.2. The van der Waals surface area contributed by atoms with E-state index in [-0.39, 0.29) is 0 Å². The normalized spacial score (nSPS) is 10.2. The quantitative estimate of drug-likeness (QED) is 0.495. The van der Waals surface area contributed by atoms with Crippen LogP contribution in [-0.2, 0) is 4.74 Å². The van der Waals surface area contributed by atoms with E-state index < -0.39 is 11.9 Å². The Kier molecular flexibility index (Phi) is 7.01. The Morgan fingerprint density at radius 3 is 2.44 bits per heavy atom. The molecule has 2 rings (SSSR count). The molecule has 0 saturated carbocycles. The summed E-state index contributed by atoms with van der Waals surface area (Å²) in [6.07, 6.45) is 0.838. The van der Waals surface area contributed by atoms with Crippen molar-refractivity contribution < 1.29 is 23.8 Å². The largest absolute Gasteiger partial charge is 0.493 e. The maximum Gasteiger partial charge on any atom is 0.347 e. The molecule has 0 aliphatic heterocycles. The van der Waals surface area contributed by atoms with Gasteiger partial charge in [0.1, 0.15) is 17.1 Å². The van der Waals surface area contributed by atoms with Crippen LogP contribution in [0.15, 0.2) is 46.9 Å². The second-order valence-electron chi connectivity index (χ2n) is 5.10. The molecule has 0 spiro atoms. The molecule has 0 aromatic heterocycles. The number of ether oxygens (including phenoxy) is 3. The third-order valence-corrected chi connectivity index (χ3v) is 3.83. The fourth-order valence-electron chi connectivity index (χ4n) is 2.05. The number of para-hydroxylation sites is 1. The van der Waals surface area contributed by atoms with Crippen molar-refractivity contribution in [3.8, 4) is 11.5 Å². The molecule has 0 N–H and O–H groups in total. The minimum atomic E-state index is -0.531. The summed E-state index contributed by atoms with van der Waals surface area (Å²) in [7, 11) is 0. The smallest absolute Gasteiger partial charge is 0.347 e. The predicted octanol–water partition coefficient (Wildman–Crippen LogP) is 4.63. The van der Waals surface area contributed by atoms with Gasteiger partial charge >= 0.3 is 11.9 Å². The van der Waals surface area contributed by atoms with Gasteiger partial charge in [0.2, 0.25) is 0 Å². The van der Waals surface area contributed by atoms with Crippen LogP contribution in [0.5, 0.6) is 11.5 Å². The Morgan fingerprint density at radius 2 is 1.76 bits per heavy atom. The second-order valence-corrected chi connectivity index (χ2v) is 5.95. The van der Waals surface area contributed by atoms with Crippen molar-refractivity contribution in [2.45, 2.75) is 20.3 Å². The molecule has 0 fully saturated rings. The molecule has 6 heteroatoms. The van der Waals surface area contributed by atoms with Crippen molar-refractivity contribution in [2.75, 3.05) is 13.2 Å². The first-order valence-electron chi connectivity index (χ1n) is 7.97. The van der Waals surface area contributed by atoms with Gasteiger partial charge in [-0.1, -0.05) is 19.1 Å². The average molecular weight is 407 g/mol. The highest BCUT2D eigenvalue weighted by atomic mass is 79.9. The van der Waals surface area contributed by atoms with Crippen LogP contribution in [0.3, 0.4) is 0 Å². The molecular weight excluding hydrogens is 388 g/mol. The lowest BCUT2D eigenvalue weighted by Gasteiger charge is -2.11. The number of benzene rings is 2. The molecule has 2 aromatic carbocycles. The van der Waals surface area contributed by atoms with Crippen LogP contribution in [0.4, 0.5) is 0 Å². The highest BCUT2D eigenvalue weighted by molar-refractivity contribution is 9.10. The van der Waals surface area contributed by atoms with Gasteiger partial charge in [-0.25, -0.2) is 9.59 Å². The molecule has 0 aliphatic rings. The Balaban J connectivity index is 2.17. The van der Waals surface area contributed by atoms with Crippen LogP contribution in [0.2, 0.25) is 0 Å². The summed E-state index contributed by atoms with van der Waals surface area (Å²) in [6, 6.07) is 11.6. The van der Waals surface area contributed by atoms with E-state index >= 15 is 0 Å². The van der Waals surface area contributed by atoms with Crippen LogP contribution in [-0.4, -0.2) is 25.2 Å². The van der Waals surface area contributed by atoms with Gasteiger partial charge in [0.05, 0.1) is 23.2 Å². The lowest BCUT2D eigenvalue weighted by molar-refractivity contribution is 0.0526. The van der Waals surface area contributed by atoms with Crippen LogP contribution >= 0.6 is 15.9 Å². The first-order chi connectivity index (χ1) is 12.1. The third kappa shape index (κ3) is 5.06. The van der Waals surface area contributed by atoms with E-state index in [2.05, 4.69) is 15.9 Å². The van der Waals surface area contributed by atoms with Crippen molar-refractivity contribution in [1.29, 1.82) is 0 Å². The van der Waals surface area contributed by atoms with E-state index in [9.17, 15) is 9.59 Å². The van der Waals surface area contributed by atoms with Crippen molar-refractivity contribution in [1.82, 2.24) is 0 Å². The highest BCUT2D eigenvalue weighted by Crippen LogP contribution is 2.28. The minimum absolute atomic E-state index is 0.293. The topological polar surface area (TPSA) is 61.8 Å². The minimum Gasteiger partial charge on any atom is -0.493 e. The molecule has 0 unspecified atom stereocenters. The van der Waals surface area contributed by atoms with Gasteiger partial charge in [0.15, 0.2) is 0 Å². The third-order valence-electron chi connectivity index (χ3n) is 3.21. The van der Waals surface area contributed by atoms with E-state index in [0.717, 1.165) is 6.42 Å². The molecule has 0 aliphatic carbocycles. The summed E-state index contributed by atoms with van der Waals surface area (Å²) in [5, 5.41) is 0. The maximum atomic E-state index is 12.5. The Labute approximate surface area is 155 Å². The number of halogens is 1. The van der Waals surface area contributed by atoms with E-state index in [1.165, 1.54) is 0 Å². The SMILES string of the molecule is CCCOc1ccccc1C(=O)Oc1ccc(C(=O)OCC)cc1Br. The number of esters is 2. The summed E-state index contributed by atoms with van der Waals surface area (Å²) in [6.45, 7) is 4.54. The number of hydrogen-bond acceptors (Lipinski definition) is 5. The molecule has 0 atom stereocenters. The van der Waals surface area contributed by atoms with Gasteiger partial charge in [0, 0.05) is 0 Å². The molecule has 132 valence electrons. The van der Waals surface area contributed by atoms with Gasteiger partial charge in [0.25, 0.3) is 0 Å². The molecule has 2 aromatic rings. The van der Waals surface area contributed by atoms with E-state index in [0.29, 0.717) is 40.3 Å². The van der Waals surface area contributed by atoms with Crippen LogP contribution < -0.4 is 9.47 Å². The van der Waals surface area contributed by atoms with Gasteiger partial charge in [-0.05, 0) is 59.6 Å². The number of carbonyl (C=O) groups excluding carboxylic acids is 2. The molecule has 0 bridgehead atoms. The average Bonchev–Trinajstić information content (AvgIpc) is 2.62. The summed E-state index contributed by atoms with van der Waals surface area (Å²) in [5.74, 6) is -0.173. The van der Waals surface area contributed by atoms with E-state index in [1.807, 2.05) is 6.92 Å². The number of hydrogen-bond donors (Lipinski definition) is 0. The molecule has 0 amide bonds. The molecule has 0 radical (unpaired) electrons. The molecular formula is C19H19BrO5. The second kappa shape index (κ2) is 9.22. The fraction of sp³-hybridized carbons (Fsp3) is 0.263. The standard InChI is InChI=1S/C19H19BrO5/c1-3-11-24-16-8-6-5-7-14(16)19(22)25-17-10-9-13(12-15(17)20)18(21)23-4-2/h5-10,12H,3-4,11H2,1-2H3. The van der Waals surface area contributed by atoms with Gasteiger partial charge in [-0.3, -0.25) is 0 Å². The number of rotatable bonds is 7. The summed E-state index contributed by atoms with van der Waals surface area (Å²) < 4.78 is 16.4. The molecule has 0 saturated heterocycles. The predicted molar refractivity (Wildman–Crippen MR) is 97.3 cm³/mol. The first-order valence-corrected chi connectivity index (χ1v) is 8.76. The zero-order valence-electron chi connectivity index (χ0n) is 14.1. The molecule has 0 heterocycles. The maximum absolute atomic E-state index is 12.5. The van der Waals surface area contributed by atoms with Gasteiger partial charge < -0.3 is 14.2 Å². The zero-order valence-corrected chi connectivity index (χ0v) is 15.7. The highest BCUT2D eigenvalue weighted by Gasteiger charge is 2.17. The van der Waals surface area contributed by atoms with Crippen LogP contribution in [0.25, 0.3) is 0 Å². The lowest BCUT2D eigenvalue weighted by Crippen LogP contribution is -2.12. The van der Waals surface area contributed by atoms with Crippen molar-refractivity contribution in [2.24, 2.45) is 0 Å². The molecule has 5 nitrogen and oxygen atoms in total. The molecule has 25 heavy (non-hydrogen) atoms. The van der Waals surface area contributed by atoms with Crippen molar-refractivity contribution in [3.05, 3.63) is 58.1 Å². The summed E-state index contributed by atoms with van der Waals surface area (Å²) >= 11 is 3.31. The first kappa shape index (κ1) is 19.0. The van der Waals surface area contributed by atoms with Crippen LogP contribution in [0, 0.1) is 0 Å². The van der Waals surface area contributed by atoms with Crippen molar-refractivity contribution in [3.63, 3.8) is 0 Å². The summed E-state index contributed by atoms with van der Waals surface area (Å²) in [4.78, 5) is 24.2. The lowest BCUT2D eigenvalue weighted by atomic mass is 10.2. The van der Waals surface area contributed by atoms with E-state index in [4.69, 9.17) is 14.2 Å². The Bertz CT molecular complexity index is 757. The Hall–Kier alpha value is -2.34. The Morgan fingerprint density at radius 1 is 1.00 bits per heavy atom. The van der Waals surface area contributed by atoms with Gasteiger partial charge in [-0.2, -0.15) is 0 Å².